The zero-order valence-corrected chi connectivity index (χ0v) is 12.2. The largest absolute Gasteiger partial charge is 0.491 e. The molecule has 0 aliphatic heterocycles. The number of hydrogen-bond acceptors (Lipinski definition) is 5. The summed E-state index contributed by atoms with van der Waals surface area (Å²) in [7, 11) is 0. The average molecular weight is 277 g/mol. The van der Waals surface area contributed by atoms with Crippen LogP contribution in [0.25, 0.3) is 0 Å². The van der Waals surface area contributed by atoms with Crippen molar-refractivity contribution >= 4 is 11.3 Å². The van der Waals surface area contributed by atoms with Gasteiger partial charge in [-0.15, -0.1) is 11.3 Å². The lowest BCUT2D eigenvalue weighted by Crippen LogP contribution is -2.28. The van der Waals surface area contributed by atoms with Gasteiger partial charge >= 0.3 is 0 Å². The summed E-state index contributed by atoms with van der Waals surface area (Å²) in [4.78, 5) is 5.37. The van der Waals surface area contributed by atoms with Crippen LogP contribution < -0.4 is 16.0 Å². The summed E-state index contributed by atoms with van der Waals surface area (Å²) in [6, 6.07) is 7.95. The van der Waals surface area contributed by atoms with E-state index in [1.54, 1.807) is 11.3 Å². The number of aromatic nitrogens is 1. The van der Waals surface area contributed by atoms with Gasteiger partial charge in [0.15, 0.2) is 0 Å². The second-order valence-electron chi connectivity index (χ2n) is 4.62. The third-order valence-electron chi connectivity index (χ3n) is 2.68. The van der Waals surface area contributed by atoms with Crippen LogP contribution in [0.2, 0.25) is 0 Å². The van der Waals surface area contributed by atoms with Gasteiger partial charge in [-0.1, -0.05) is 12.1 Å². The van der Waals surface area contributed by atoms with E-state index in [1.165, 1.54) is 0 Å². The molecule has 0 amide bonds. The third kappa shape index (κ3) is 3.53. The number of hydrazine groups is 1. The monoisotopic (exact) mass is 277 g/mol. The lowest BCUT2D eigenvalue weighted by atomic mass is 10.1. The topological polar surface area (TPSA) is 60.2 Å². The number of nitrogens with two attached hydrogens (primary N) is 1. The van der Waals surface area contributed by atoms with Crippen molar-refractivity contribution in [2.24, 2.45) is 5.84 Å². The Morgan fingerprint density at radius 2 is 1.95 bits per heavy atom. The van der Waals surface area contributed by atoms with E-state index < -0.39 is 0 Å². The zero-order valence-electron chi connectivity index (χ0n) is 11.4. The second kappa shape index (κ2) is 6.14. The Morgan fingerprint density at radius 3 is 2.42 bits per heavy atom. The Balaban J connectivity index is 2.19. The lowest BCUT2D eigenvalue weighted by Gasteiger charge is -2.15. The average Bonchev–Trinajstić information content (AvgIpc) is 2.78. The maximum absolute atomic E-state index is 5.66. The van der Waals surface area contributed by atoms with E-state index in [0.29, 0.717) is 0 Å². The highest BCUT2D eigenvalue weighted by Crippen LogP contribution is 2.27. The molecule has 1 aromatic heterocycles. The van der Waals surface area contributed by atoms with Crippen LogP contribution in [0.1, 0.15) is 35.3 Å². The van der Waals surface area contributed by atoms with E-state index in [1.807, 2.05) is 51.2 Å². The van der Waals surface area contributed by atoms with E-state index in [4.69, 9.17) is 10.6 Å². The van der Waals surface area contributed by atoms with Crippen molar-refractivity contribution in [3.63, 3.8) is 0 Å². The molecule has 1 aromatic carbocycles. The predicted molar refractivity (Wildman–Crippen MR) is 78.2 cm³/mol. The van der Waals surface area contributed by atoms with Gasteiger partial charge in [0.1, 0.15) is 5.75 Å². The first kappa shape index (κ1) is 14.0. The van der Waals surface area contributed by atoms with Crippen LogP contribution in [0.5, 0.6) is 5.75 Å². The molecular weight excluding hydrogens is 258 g/mol. The molecule has 0 bridgehead atoms. The van der Waals surface area contributed by atoms with Gasteiger partial charge in [-0.25, -0.2) is 10.4 Å². The van der Waals surface area contributed by atoms with Crippen LogP contribution in [0, 0.1) is 6.92 Å². The predicted octanol–water partition coefficient (Wildman–Crippen LogP) is 2.79. The molecule has 0 spiro atoms. The highest BCUT2D eigenvalue weighted by Gasteiger charge is 2.15. The van der Waals surface area contributed by atoms with Crippen LogP contribution in [0.15, 0.2) is 30.5 Å². The zero-order chi connectivity index (χ0) is 13.8. The Bertz CT molecular complexity index is 522. The minimum atomic E-state index is -0.0284. The fourth-order valence-electron chi connectivity index (χ4n) is 1.86. The molecule has 0 saturated heterocycles. The van der Waals surface area contributed by atoms with Crippen LogP contribution in [-0.4, -0.2) is 11.1 Å². The van der Waals surface area contributed by atoms with Gasteiger partial charge in [0.25, 0.3) is 0 Å². The second-order valence-corrected chi connectivity index (χ2v) is 5.88. The normalized spacial score (nSPS) is 12.7. The van der Waals surface area contributed by atoms with Crippen LogP contribution in [0.4, 0.5) is 0 Å². The summed E-state index contributed by atoms with van der Waals surface area (Å²) in [5, 5.41) is 1.04. The smallest absolute Gasteiger partial charge is 0.119 e. The fraction of sp³-hybridized carbons (Fsp3) is 0.357. The number of rotatable bonds is 5. The molecule has 1 heterocycles. The van der Waals surface area contributed by atoms with Crippen molar-refractivity contribution in [3.05, 3.63) is 45.9 Å². The highest BCUT2D eigenvalue weighted by molar-refractivity contribution is 7.11. The molecular formula is C14H19N3OS. The van der Waals surface area contributed by atoms with Gasteiger partial charge in [0.05, 0.1) is 17.2 Å². The van der Waals surface area contributed by atoms with E-state index in [9.17, 15) is 0 Å². The summed E-state index contributed by atoms with van der Waals surface area (Å²) in [6.45, 7) is 6.01. The highest BCUT2D eigenvalue weighted by atomic mass is 32.1. The number of benzene rings is 1. The van der Waals surface area contributed by atoms with Crippen LogP contribution in [-0.2, 0) is 0 Å². The molecule has 102 valence electrons. The Hall–Kier alpha value is -1.43. The first-order chi connectivity index (χ1) is 9.10. The van der Waals surface area contributed by atoms with Crippen LogP contribution in [0.3, 0.4) is 0 Å². The van der Waals surface area contributed by atoms with E-state index in [2.05, 4.69) is 10.4 Å². The molecule has 2 aromatic rings. The molecule has 3 N–H and O–H groups in total. The van der Waals surface area contributed by atoms with Crippen molar-refractivity contribution in [1.29, 1.82) is 0 Å². The van der Waals surface area contributed by atoms with Gasteiger partial charge < -0.3 is 4.74 Å². The molecule has 2 rings (SSSR count). The van der Waals surface area contributed by atoms with Crippen LogP contribution >= 0.6 is 11.3 Å². The number of ether oxygens (including phenoxy) is 1. The minimum absolute atomic E-state index is 0.0284. The van der Waals surface area contributed by atoms with Gasteiger partial charge in [0, 0.05) is 11.1 Å². The summed E-state index contributed by atoms with van der Waals surface area (Å²) in [6.07, 6.45) is 2.04. The minimum Gasteiger partial charge on any atom is -0.491 e. The molecule has 5 heteroatoms. The van der Waals surface area contributed by atoms with Gasteiger partial charge in [-0.2, -0.15) is 0 Å². The van der Waals surface area contributed by atoms with Crippen molar-refractivity contribution in [3.8, 4) is 5.75 Å². The van der Waals surface area contributed by atoms with E-state index >= 15 is 0 Å². The third-order valence-corrected chi connectivity index (χ3v) is 3.65. The first-order valence-electron chi connectivity index (χ1n) is 6.25. The number of thiazole rings is 1. The number of hydrogen-bond donors (Lipinski definition) is 2. The number of nitrogens with one attached hydrogen (secondary N) is 1. The number of aryl methyl sites for hydroxylation is 1. The van der Waals surface area contributed by atoms with Crippen molar-refractivity contribution < 1.29 is 4.74 Å². The maximum Gasteiger partial charge on any atom is 0.119 e. The van der Waals surface area contributed by atoms with E-state index in [-0.39, 0.29) is 12.1 Å². The molecule has 0 radical (unpaired) electrons. The summed E-state index contributed by atoms with van der Waals surface area (Å²) < 4.78 is 5.63. The van der Waals surface area contributed by atoms with Crippen molar-refractivity contribution in [1.82, 2.24) is 10.4 Å². The van der Waals surface area contributed by atoms with E-state index in [0.717, 1.165) is 21.2 Å². The molecule has 0 saturated carbocycles. The van der Waals surface area contributed by atoms with Gasteiger partial charge in [-0.05, 0) is 38.5 Å². The fourth-order valence-corrected chi connectivity index (χ4v) is 2.74. The Morgan fingerprint density at radius 1 is 1.26 bits per heavy atom. The summed E-state index contributed by atoms with van der Waals surface area (Å²) in [5.41, 5.74) is 3.94. The molecule has 0 fully saturated rings. The standard InChI is InChI=1S/C14H19N3OS/c1-9(2)18-12-6-4-11(5-7-12)14(17-15)13-8-16-10(3)19-13/h4-9,14,17H,15H2,1-3H3. The first-order valence-corrected chi connectivity index (χ1v) is 7.07. The molecule has 1 unspecified atom stereocenters. The van der Waals surface area contributed by atoms with Crippen molar-refractivity contribution in [2.45, 2.75) is 32.9 Å². The molecule has 19 heavy (non-hydrogen) atoms. The molecule has 0 aliphatic carbocycles. The quantitative estimate of drug-likeness (QED) is 0.651. The molecule has 4 nitrogen and oxygen atoms in total. The van der Waals surface area contributed by atoms with Crippen molar-refractivity contribution in [2.75, 3.05) is 0 Å². The van der Waals surface area contributed by atoms with Gasteiger partial charge in [0.2, 0.25) is 0 Å². The number of nitrogens with zero attached hydrogens (tertiary/aromatic N) is 1. The maximum atomic E-state index is 5.66. The SMILES string of the molecule is Cc1ncc(C(NN)c2ccc(OC(C)C)cc2)s1. The Labute approximate surface area is 117 Å². The molecule has 1 atom stereocenters. The Kier molecular flexibility index (Phi) is 4.52. The lowest BCUT2D eigenvalue weighted by molar-refractivity contribution is 0.242. The van der Waals surface area contributed by atoms with Gasteiger partial charge in [-0.3, -0.25) is 5.84 Å². The summed E-state index contributed by atoms with van der Waals surface area (Å²) in [5.74, 6) is 6.53. The summed E-state index contributed by atoms with van der Waals surface area (Å²) >= 11 is 1.65. The molecule has 0 aliphatic rings.